The molecule has 134 valence electrons. The normalized spacial score (nSPS) is 11.0. The van der Waals surface area contributed by atoms with E-state index < -0.39 is 11.6 Å². The molecule has 0 N–H and O–H groups in total. The van der Waals surface area contributed by atoms with Crippen molar-refractivity contribution in [3.05, 3.63) is 93.3 Å². The number of hydrogen-bond acceptors (Lipinski definition) is 4. The van der Waals surface area contributed by atoms with Crippen LogP contribution in [0.25, 0.3) is 21.7 Å². The highest BCUT2D eigenvalue weighted by Crippen LogP contribution is 2.28. The van der Waals surface area contributed by atoms with E-state index in [-0.39, 0.29) is 6.61 Å². The van der Waals surface area contributed by atoms with Gasteiger partial charge in [0, 0.05) is 17.0 Å². The van der Waals surface area contributed by atoms with Gasteiger partial charge in [-0.05, 0) is 53.9 Å². The van der Waals surface area contributed by atoms with Crippen molar-refractivity contribution in [1.82, 2.24) is 0 Å². The molecule has 0 amide bonds. The van der Waals surface area contributed by atoms with Crippen molar-refractivity contribution in [3.8, 4) is 0 Å². The number of esters is 1. The fourth-order valence-corrected chi connectivity index (χ4v) is 3.23. The average Bonchev–Trinajstić information content (AvgIpc) is 2.67. The molecular formula is C23H18O4. The predicted octanol–water partition coefficient (Wildman–Crippen LogP) is 4.92. The molecule has 0 atom stereocenters. The minimum atomic E-state index is -0.463. The van der Waals surface area contributed by atoms with E-state index in [0.29, 0.717) is 16.7 Å². The summed E-state index contributed by atoms with van der Waals surface area (Å²) in [6, 6.07) is 18.4. The molecule has 0 spiro atoms. The Morgan fingerprint density at radius 1 is 0.963 bits per heavy atom. The van der Waals surface area contributed by atoms with Crippen molar-refractivity contribution >= 4 is 27.7 Å². The van der Waals surface area contributed by atoms with E-state index in [4.69, 9.17) is 9.15 Å². The summed E-state index contributed by atoms with van der Waals surface area (Å²) in [6.45, 7) is 3.95. The van der Waals surface area contributed by atoms with Gasteiger partial charge in [-0.2, -0.15) is 0 Å². The number of benzene rings is 3. The minimum absolute atomic E-state index is 0.00185. The lowest BCUT2D eigenvalue weighted by atomic mass is 10.0. The third-order valence-electron chi connectivity index (χ3n) is 4.82. The summed E-state index contributed by atoms with van der Waals surface area (Å²) in [4.78, 5) is 24.4. The number of carbonyl (C=O) groups is 1. The molecule has 4 nitrogen and oxygen atoms in total. The molecule has 4 aromatic rings. The molecule has 0 aliphatic carbocycles. The van der Waals surface area contributed by atoms with E-state index in [1.165, 1.54) is 6.07 Å². The highest BCUT2D eigenvalue weighted by atomic mass is 16.5. The second kappa shape index (κ2) is 6.72. The number of fused-ring (bicyclic) bond motifs is 3. The van der Waals surface area contributed by atoms with Gasteiger partial charge < -0.3 is 9.15 Å². The highest BCUT2D eigenvalue weighted by molar-refractivity contribution is 6.07. The van der Waals surface area contributed by atoms with Crippen LogP contribution in [0.3, 0.4) is 0 Å². The highest BCUT2D eigenvalue weighted by Gasteiger charge is 2.13. The van der Waals surface area contributed by atoms with Crippen LogP contribution < -0.4 is 5.63 Å². The van der Waals surface area contributed by atoms with Crippen LogP contribution in [0.15, 0.2) is 69.9 Å². The average molecular weight is 358 g/mol. The number of ether oxygens (including phenoxy) is 1. The van der Waals surface area contributed by atoms with Crippen LogP contribution >= 0.6 is 0 Å². The Hall–Kier alpha value is -3.40. The molecule has 0 aliphatic rings. The molecule has 0 fully saturated rings. The second-order valence-corrected chi connectivity index (χ2v) is 6.63. The van der Waals surface area contributed by atoms with Crippen LogP contribution in [-0.4, -0.2) is 5.97 Å². The summed E-state index contributed by atoms with van der Waals surface area (Å²) >= 11 is 0. The van der Waals surface area contributed by atoms with E-state index in [2.05, 4.69) is 0 Å². The van der Waals surface area contributed by atoms with Gasteiger partial charge in [-0.3, -0.25) is 0 Å². The zero-order valence-corrected chi connectivity index (χ0v) is 15.1. The zero-order valence-electron chi connectivity index (χ0n) is 15.1. The summed E-state index contributed by atoms with van der Waals surface area (Å²) in [7, 11) is 0. The first-order valence-electron chi connectivity index (χ1n) is 8.72. The molecular weight excluding hydrogens is 340 g/mol. The Bertz CT molecular complexity index is 1230. The summed E-state index contributed by atoms with van der Waals surface area (Å²) in [5, 5.41) is 2.78. The number of hydrogen-bond donors (Lipinski definition) is 0. The van der Waals surface area contributed by atoms with Gasteiger partial charge in [0.2, 0.25) is 0 Å². The van der Waals surface area contributed by atoms with Gasteiger partial charge in [0.05, 0.1) is 5.56 Å². The molecule has 4 rings (SSSR count). The van der Waals surface area contributed by atoms with E-state index in [9.17, 15) is 9.59 Å². The Balaban J connectivity index is 1.73. The third kappa shape index (κ3) is 3.22. The monoisotopic (exact) mass is 358 g/mol. The van der Waals surface area contributed by atoms with E-state index in [0.717, 1.165) is 27.3 Å². The van der Waals surface area contributed by atoms with E-state index >= 15 is 0 Å². The van der Waals surface area contributed by atoms with E-state index in [1.807, 2.05) is 56.3 Å². The molecule has 0 radical (unpaired) electrons. The Labute approximate surface area is 156 Å². The Morgan fingerprint density at radius 3 is 2.59 bits per heavy atom. The summed E-state index contributed by atoms with van der Waals surface area (Å²) in [5.74, 6) is -0.417. The van der Waals surface area contributed by atoms with Crippen LogP contribution in [0.4, 0.5) is 0 Å². The van der Waals surface area contributed by atoms with Gasteiger partial charge in [-0.1, -0.05) is 36.4 Å². The molecule has 0 aliphatic heterocycles. The van der Waals surface area contributed by atoms with Gasteiger partial charge in [-0.25, -0.2) is 9.59 Å². The summed E-state index contributed by atoms with van der Waals surface area (Å²) in [6.07, 6.45) is 0. The van der Waals surface area contributed by atoms with Gasteiger partial charge in [0.1, 0.15) is 12.2 Å². The van der Waals surface area contributed by atoms with Gasteiger partial charge in [-0.15, -0.1) is 0 Å². The number of aryl methyl sites for hydroxylation is 2. The lowest BCUT2D eigenvalue weighted by Gasteiger charge is -2.10. The third-order valence-corrected chi connectivity index (χ3v) is 4.82. The van der Waals surface area contributed by atoms with Crippen molar-refractivity contribution in [2.24, 2.45) is 0 Å². The lowest BCUT2D eigenvalue weighted by molar-refractivity contribution is 0.0474. The maximum absolute atomic E-state index is 12.4. The largest absolute Gasteiger partial charge is 0.457 e. The smallest absolute Gasteiger partial charge is 0.338 e. The first kappa shape index (κ1) is 17.0. The molecule has 1 aromatic heterocycles. The van der Waals surface area contributed by atoms with Gasteiger partial charge in [0.25, 0.3) is 0 Å². The second-order valence-electron chi connectivity index (χ2n) is 6.63. The maximum Gasteiger partial charge on any atom is 0.338 e. The number of carbonyl (C=O) groups excluding carboxylic acids is 1. The SMILES string of the molecule is Cc1ccc(C(=O)OCc2cc(=O)oc3ccc4ccccc4c23)cc1C. The molecule has 4 heteroatoms. The zero-order chi connectivity index (χ0) is 19.0. The molecule has 0 bridgehead atoms. The minimum Gasteiger partial charge on any atom is -0.457 e. The Morgan fingerprint density at radius 2 is 1.78 bits per heavy atom. The standard InChI is InChI=1S/C23H18O4/c1-14-7-8-17(11-15(14)2)23(25)26-13-18-12-21(24)27-20-10-9-16-5-3-4-6-19(16)22(18)20/h3-12H,13H2,1-2H3. The fourth-order valence-electron chi connectivity index (χ4n) is 3.23. The molecule has 0 saturated heterocycles. The number of rotatable bonds is 3. The topological polar surface area (TPSA) is 56.5 Å². The van der Waals surface area contributed by atoms with E-state index in [1.54, 1.807) is 12.1 Å². The van der Waals surface area contributed by atoms with Crippen LogP contribution in [0.2, 0.25) is 0 Å². The van der Waals surface area contributed by atoms with Crippen LogP contribution in [0, 0.1) is 13.8 Å². The molecule has 27 heavy (non-hydrogen) atoms. The van der Waals surface area contributed by atoms with Crippen molar-refractivity contribution in [2.75, 3.05) is 0 Å². The van der Waals surface area contributed by atoms with Crippen LogP contribution in [0.1, 0.15) is 27.0 Å². The molecule has 3 aromatic carbocycles. The lowest BCUT2D eigenvalue weighted by Crippen LogP contribution is -2.08. The van der Waals surface area contributed by atoms with Crippen LogP contribution in [0.5, 0.6) is 0 Å². The summed E-state index contributed by atoms with van der Waals surface area (Å²) in [5.41, 5.74) is 3.30. The van der Waals surface area contributed by atoms with Gasteiger partial charge >= 0.3 is 11.6 Å². The van der Waals surface area contributed by atoms with Crippen LogP contribution in [-0.2, 0) is 11.3 Å². The first-order chi connectivity index (χ1) is 13.0. The Kier molecular flexibility index (Phi) is 4.24. The quantitative estimate of drug-likeness (QED) is 0.296. The van der Waals surface area contributed by atoms with Gasteiger partial charge in [0.15, 0.2) is 0 Å². The predicted molar refractivity (Wildman–Crippen MR) is 105 cm³/mol. The fraction of sp³-hybridized carbons (Fsp3) is 0.130. The molecule has 1 heterocycles. The first-order valence-corrected chi connectivity index (χ1v) is 8.72. The summed E-state index contributed by atoms with van der Waals surface area (Å²) < 4.78 is 10.8. The van der Waals surface area contributed by atoms with Crippen molar-refractivity contribution < 1.29 is 13.9 Å². The molecule has 0 saturated carbocycles. The van der Waals surface area contributed by atoms with Crippen molar-refractivity contribution in [1.29, 1.82) is 0 Å². The maximum atomic E-state index is 12.4. The molecule has 0 unspecified atom stereocenters. The van der Waals surface area contributed by atoms with Crippen molar-refractivity contribution in [2.45, 2.75) is 20.5 Å². The van der Waals surface area contributed by atoms with Crippen molar-refractivity contribution in [3.63, 3.8) is 0 Å².